The van der Waals surface area contributed by atoms with Gasteiger partial charge in [0.1, 0.15) is 5.03 Å². The smallest absolute Gasteiger partial charge is 0.101 e. The Bertz CT molecular complexity index is 576. The molecular formula is C18H24N2S. The van der Waals surface area contributed by atoms with Crippen LogP contribution in [0, 0.1) is 19.8 Å². The molecule has 0 atom stereocenters. The molecule has 112 valence electrons. The Morgan fingerprint density at radius 1 is 1.14 bits per heavy atom. The summed E-state index contributed by atoms with van der Waals surface area (Å²) < 4.78 is 0. The highest BCUT2D eigenvalue weighted by atomic mass is 32.2. The maximum atomic E-state index is 4.57. The first-order valence-corrected chi connectivity index (χ1v) is 8.27. The highest BCUT2D eigenvalue weighted by Gasteiger charge is 2.03. The van der Waals surface area contributed by atoms with Gasteiger partial charge in [0.15, 0.2) is 0 Å². The predicted molar refractivity (Wildman–Crippen MR) is 90.8 cm³/mol. The summed E-state index contributed by atoms with van der Waals surface area (Å²) in [5.41, 5.74) is 3.83. The SMILES string of the molecule is Cc1ccc(C)c(Sc2ccc(CNCC(C)C)cn2)c1. The third-order valence-corrected chi connectivity index (χ3v) is 4.35. The second kappa shape index (κ2) is 7.62. The molecule has 0 bridgehead atoms. The molecular weight excluding hydrogens is 276 g/mol. The molecule has 1 aromatic heterocycles. The number of rotatable bonds is 6. The molecule has 0 spiro atoms. The van der Waals surface area contributed by atoms with Crippen LogP contribution in [0.5, 0.6) is 0 Å². The van der Waals surface area contributed by atoms with Crippen LogP contribution in [0.15, 0.2) is 46.5 Å². The maximum absolute atomic E-state index is 4.57. The van der Waals surface area contributed by atoms with Crippen molar-refractivity contribution in [3.63, 3.8) is 0 Å². The normalized spacial score (nSPS) is 11.1. The van der Waals surface area contributed by atoms with Crippen LogP contribution in [0.4, 0.5) is 0 Å². The second-order valence-corrected chi connectivity index (χ2v) is 6.96. The lowest BCUT2D eigenvalue weighted by Crippen LogP contribution is -2.18. The fourth-order valence-corrected chi connectivity index (χ4v) is 2.95. The lowest BCUT2D eigenvalue weighted by molar-refractivity contribution is 0.551. The zero-order valence-corrected chi connectivity index (χ0v) is 14.1. The standard InChI is InChI=1S/C18H24N2S/c1-13(2)10-19-11-16-7-8-18(20-12-16)21-17-9-14(3)5-6-15(17)4/h5-9,12-13,19H,10-11H2,1-4H3. The topological polar surface area (TPSA) is 24.9 Å². The Morgan fingerprint density at radius 3 is 2.62 bits per heavy atom. The average molecular weight is 300 g/mol. The van der Waals surface area contributed by atoms with Crippen LogP contribution >= 0.6 is 11.8 Å². The summed E-state index contributed by atoms with van der Waals surface area (Å²) in [4.78, 5) is 5.85. The predicted octanol–water partition coefficient (Wildman–Crippen LogP) is 4.60. The number of aromatic nitrogens is 1. The van der Waals surface area contributed by atoms with Gasteiger partial charge in [-0.1, -0.05) is 43.8 Å². The van der Waals surface area contributed by atoms with E-state index < -0.39 is 0 Å². The van der Waals surface area contributed by atoms with Crippen LogP contribution in [-0.2, 0) is 6.54 Å². The maximum Gasteiger partial charge on any atom is 0.101 e. The first kappa shape index (κ1) is 16.1. The van der Waals surface area contributed by atoms with Crippen molar-refractivity contribution in [1.29, 1.82) is 0 Å². The summed E-state index contributed by atoms with van der Waals surface area (Å²) in [5.74, 6) is 0.678. The number of benzene rings is 1. The molecule has 0 aliphatic rings. The fourth-order valence-electron chi connectivity index (χ4n) is 2.01. The largest absolute Gasteiger partial charge is 0.312 e. The van der Waals surface area contributed by atoms with Gasteiger partial charge >= 0.3 is 0 Å². The lowest BCUT2D eigenvalue weighted by atomic mass is 10.2. The molecule has 2 rings (SSSR count). The summed E-state index contributed by atoms with van der Waals surface area (Å²) in [7, 11) is 0. The Balaban J connectivity index is 1.97. The molecule has 3 heteroatoms. The van der Waals surface area contributed by atoms with E-state index >= 15 is 0 Å². The van der Waals surface area contributed by atoms with E-state index in [1.165, 1.54) is 21.6 Å². The van der Waals surface area contributed by atoms with Crippen molar-refractivity contribution in [2.45, 2.75) is 44.2 Å². The molecule has 0 unspecified atom stereocenters. The third-order valence-electron chi connectivity index (χ3n) is 3.24. The van der Waals surface area contributed by atoms with Gasteiger partial charge in [0.25, 0.3) is 0 Å². The number of nitrogens with zero attached hydrogens (tertiary/aromatic N) is 1. The van der Waals surface area contributed by atoms with Crippen LogP contribution in [0.1, 0.15) is 30.5 Å². The number of pyridine rings is 1. The molecule has 1 heterocycles. The summed E-state index contributed by atoms with van der Waals surface area (Å²) in [6.07, 6.45) is 1.97. The molecule has 21 heavy (non-hydrogen) atoms. The van der Waals surface area contributed by atoms with Crippen molar-refractivity contribution >= 4 is 11.8 Å². The minimum atomic E-state index is 0.678. The highest BCUT2D eigenvalue weighted by molar-refractivity contribution is 7.99. The molecule has 0 saturated heterocycles. The Kier molecular flexibility index (Phi) is 5.83. The first-order valence-electron chi connectivity index (χ1n) is 7.45. The van der Waals surface area contributed by atoms with E-state index in [4.69, 9.17) is 0 Å². The van der Waals surface area contributed by atoms with Crippen molar-refractivity contribution in [1.82, 2.24) is 10.3 Å². The van der Waals surface area contributed by atoms with E-state index in [9.17, 15) is 0 Å². The van der Waals surface area contributed by atoms with Gasteiger partial charge in [-0.05, 0) is 55.1 Å². The number of hydrogen-bond acceptors (Lipinski definition) is 3. The first-order chi connectivity index (χ1) is 10.0. The number of nitrogens with one attached hydrogen (secondary N) is 1. The van der Waals surface area contributed by atoms with Gasteiger partial charge in [0.2, 0.25) is 0 Å². The Morgan fingerprint density at radius 2 is 1.95 bits per heavy atom. The van der Waals surface area contributed by atoms with E-state index in [1.807, 2.05) is 6.20 Å². The van der Waals surface area contributed by atoms with Crippen molar-refractivity contribution in [2.24, 2.45) is 5.92 Å². The number of hydrogen-bond donors (Lipinski definition) is 1. The van der Waals surface area contributed by atoms with Gasteiger partial charge in [-0.25, -0.2) is 4.98 Å². The van der Waals surface area contributed by atoms with Crippen LogP contribution in [-0.4, -0.2) is 11.5 Å². The molecule has 2 nitrogen and oxygen atoms in total. The zero-order chi connectivity index (χ0) is 15.2. The van der Waals surface area contributed by atoms with Gasteiger partial charge in [-0.15, -0.1) is 0 Å². The monoisotopic (exact) mass is 300 g/mol. The zero-order valence-electron chi connectivity index (χ0n) is 13.3. The van der Waals surface area contributed by atoms with Crippen molar-refractivity contribution < 1.29 is 0 Å². The Labute approximate surface area is 132 Å². The van der Waals surface area contributed by atoms with Gasteiger partial charge in [0.05, 0.1) is 0 Å². The van der Waals surface area contributed by atoms with Gasteiger partial charge in [-0.3, -0.25) is 0 Å². The molecule has 1 aromatic carbocycles. The van der Waals surface area contributed by atoms with Gasteiger partial charge in [-0.2, -0.15) is 0 Å². The van der Waals surface area contributed by atoms with Crippen LogP contribution < -0.4 is 5.32 Å². The summed E-state index contributed by atoms with van der Waals surface area (Å²) in [6, 6.07) is 10.8. The van der Waals surface area contributed by atoms with Crippen molar-refractivity contribution in [2.75, 3.05) is 6.54 Å². The molecule has 0 amide bonds. The summed E-state index contributed by atoms with van der Waals surface area (Å²) in [5, 5.41) is 4.49. The molecule has 0 fully saturated rings. The van der Waals surface area contributed by atoms with Gasteiger partial charge in [0, 0.05) is 17.6 Å². The van der Waals surface area contributed by atoms with Crippen LogP contribution in [0.25, 0.3) is 0 Å². The quantitative estimate of drug-likeness (QED) is 0.844. The lowest BCUT2D eigenvalue weighted by Gasteiger charge is -2.09. The second-order valence-electron chi connectivity index (χ2n) is 5.90. The Hall–Kier alpha value is -1.32. The number of aryl methyl sites for hydroxylation is 2. The third kappa shape index (κ3) is 5.18. The van der Waals surface area contributed by atoms with Crippen molar-refractivity contribution in [3.8, 4) is 0 Å². The van der Waals surface area contributed by atoms with Gasteiger partial charge < -0.3 is 5.32 Å². The highest BCUT2D eigenvalue weighted by Crippen LogP contribution is 2.29. The molecule has 0 aliphatic heterocycles. The minimum absolute atomic E-state index is 0.678. The van der Waals surface area contributed by atoms with E-state index in [0.29, 0.717) is 5.92 Å². The van der Waals surface area contributed by atoms with Crippen LogP contribution in [0.2, 0.25) is 0 Å². The molecule has 1 N–H and O–H groups in total. The molecule has 0 aliphatic carbocycles. The van der Waals surface area contributed by atoms with Crippen molar-refractivity contribution in [3.05, 3.63) is 53.2 Å². The molecule has 2 aromatic rings. The molecule has 0 saturated carbocycles. The summed E-state index contributed by atoms with van der Waals surface area (Å²) in [6.45, 7) is 10.6. The van der Waals surface area contributed by atoms with E-state index in [2.05, 4.69) is 68.3 Å². The molecule has 0 radical (unpaired) electrons. The average Bonchev–Trinajstić information content (AvgIpc) is 2.44. The van der Waals surface area contributed by atoms with E-state index in [-0.39, 0.29) is 0 Å². The van der Waals surface area contributed by atoms with Crippen LogP contribution in [0.3, 0.4) is 0 Å². The summed E-state index contributed by atoms with van der Waals surface area (Å²) >= 11 is 1.73. The fraction of sp³-hybridized carbons (Fsp3) is 0.389. The minimum Gasteiger partial charge on any atom is -0.312 e. The van der Waals surface area contributed by atoms with E-state index in [0.717, 1.165) is 18.1 Å². The van der Waals surface area contributed by atoms with E-state index in [1.54, 1.807) is 11.8 Å².